The summed E-state index contributed by atoms with van der Waals surface area (Å²) in [7, 11) is 3.08. The number of nitrogens with zero attached hydrogens (tertiary/aromatic N) is 3. The Morgan fingerprint density at radius 1 is 1.57 bits per heavy atom. The number of esters is 1. The predicted octanol–water partition coefficient (Wildman–Crippen LogP) is 0.223. The summed E-state index contributed by atoms with van der Waals surface area (Å²) in [6.45, 7) is 2.66. The topological polar surface area (TPSA) is 87.8 Å². The minimum Gasteiger partial charge on any atom is -0.464 e. The van der Waals surface area contributed by atoms with Crippen LogP contribution in [0.4, 0.5) is 4.79 Å². The highest BCUT2D eigenvalue weighted by Crippen LogP contribution is 2.32. The molecule has 3 heterocycles. The number of hydrogen-bond donors (Lipinski definition) is 1. The van der Waals surface area contributed by atoms with Gasteiger partial charge in [0.2, 0.25) is 0 Å². The van der Waals surface area contributed by atoms with E-state index in [4.69, 9.17) is 9.47 Å². The summed E-state index contributed by atoms with van der Waals surface area (Å²) in [5.41, 5.74) is 0.747. The van der Waals surface area contributed by atoms with Crippen LogP contribution in [0.1, 0.15) is 22.5 Å². The van der Waals surface area contributed by atoms with Gasteiger partial charge in [-0.2, -0.15) is 5.10 Å². The molecule has 1 aromatic heterocycles. The van der Waals surface area contributed by atoms with Crippen LogP contribution in [0.5, 0.6) is 0 Å². The SMILES string of the molecule is COC(=O)c1[nH]ncc1CN1CCC2(C1)CN(C)C(=O)O2. The van der Waals surface area contributed by atoms with Crippen molar-refractivity contribution >= 4 is 12.1 Å². The summed E-state index contributed by atoms with van der Waals surface area (Å²) in [5.74, 6) is -0.427. The fourth-order valence-electron chi connectivity index (χ4n) is 3.02. The van der Waals surface area contributed by atoms with Crippen molar-refractivity contribution in [3.8, 4) is 0 Å². The van der Waals surface area contributed by atoms with Crippen molar-refractivity contribution < 1.29 is 19.1 Å². The number of likely N-dealkylation sites (tertiary alicyclic amines) is 1. The van der Waals surface area contributed by atoms with Crippen LogP contribution in [0.2, 0.25) is 0 Å². The lowest BCUT2D eigenvalue weighted by molar-refractivity contribution is 0.0590. The van der Waals surface area contributed by atoms with Gasteiger partial charge in [-0.05, 0) is 0 Å². The Balaban J connectivity index is 1.67. The zero-order valence-corrected chi connectivity index (χ0v) is 12.1. The molecule has 21 heavy (non-hydrogen) atoms. The van der Waals surface area contributed by atoms with E-state index in [9.17, 15) is 9.59 Å². The summed E-state index contributed by atoms with van der Waals surface area (Å²) >= 11 is 0. The van der Waals surface area contributed by atoms with E-state index >= 15 is 0 Å². The quantitative estimate of drug-likeness (QED) is 0.803. The summed E-state index contributed by atoms with van der Waals surface area (Å²) < 4.78 is 10.2. The lowest BCUT2D eigenvalue weighted by Gasteiger charge is -2.21. The van der Waals surface area contributed by atoms with Crippen LogP contribution in [0.15, 0.2) is 6.20 Å². The third kappa shape index (κ3) is 2.46. The normalized spacial score (nSPS) is 25.6. The average Bonchev–Trinajstić information content (AvgIpc) is 3.12. The Labute approximate surface area is 122 Å². The van der Waals surface area contributed by atoms with Crippen LogP contribution >= 0.6 is 0 Å². The Morgan fingerprint density at radius 3 is 3.05 bits per heavy atom. The Kier molecular flexibility index (Phi) is 3.32. The molecule has 0 aromatic carbocycles. The number of aromatic nitrogens is 2. The second-order valence-electron chi connectivity index (χ2n) is 5.63. The molecule has 8 heteroatoms. The van der Waals surface area contributed by atoms with Gasteiger partial charge >= 0.3 is 12.1 Å². The number of hydrogen-bond acceptors (Lipinski definition) is 6. The fourth-order valence-corrected chi connectivity index (χ4v) is 3.02. The first kappa shape index (κ1) is 13.9. The van der Waals surface area contributed by atoms with E-state index < -0.39 is 11.6 Å². The smallest absolute Gasteiger partial charge is 0.410 e. The molecule has 0 saturated carbocycles. The number of carbonyl (C=O) groups excluding carboxylic acids is 2. The summed E-state index contributed by atoms with van der Waals surface area (Å²) in [5, 5.41) is 6.56. The van der Waals surface area contributed by atoms with Crippen LogP contribution in [0.3, 0.4) is 0 Å². The molecule has 3 rings (SSSR count). The van der Waals surface area contributed by atoms with Crippen LogP contribution in [-0.2, 0) is 16.0 Å². The Morgan fingerprint density at radius 2 is 2.38 bits per heavy atom. The average molecular weight is 294 g/mol. The van der Waals surface area contributed by atoms with Crippen molar-refractivity contribution in [2.75, 3.05) is 33.8 Å². The minimum absolute atomic E-state index is 0.268. The molecule has 114 valence electrons. The van der Waals surface area contributed by atoms with Crippen molar-refractivity contribution in [2.24, 2.45) is 0 Å². The van der Waals surface area contributed by atoms with E-state index in [1.165, 1.54) is 7.11 Å². The number of H-pyrrole nitrogens is 1. The molecule has 1 atom stereocenters. The monoisotopic (exact) mass is 294 g/mol. The zero-order valence-electron chi connectivity index (χ0n) is 12.1. The molecule has 2 fully saturated rings. The fraction of sp³-hybridized carbons (Fsp3) is 0.615. The minimum atomic E-state index is -0.427. The number of carbonyl (C=O) groups is 2. The molecule has 0 bridgehead atoms. The van der Waals surface area contributed by atoms with Crippen molar-refractivity contribution in [2.45, 2.75) is 18.6 Å². The molecule has 1 unspecified atom stereocenters. The first-order chi connectivity index (χ1) is 10.0. The van der Waals surface area contributed by atoms with Gasteiger partial charge in [-0.3, -0.25) is 10.00 Å². The standard InChI is InChI=1S/C13H18N4O4/c1-16-7-13(21-12(16)19)3-4-17(8-13)6-9-5-14-15-10(9)11(18)20-2/h5H,3-4,6-8H2,1-2H3,(H,14,15). The molecule has 8 nitrogen and oxygen atoms in total. The Hall–Kier alpha value is -2.09. The molecular formula is C13H18N4O4. The number of methoxy groups -OCH3 is 1. The largest absolute Gasteiger partial charge is 0.464 e. The maximum Gasteiger partial charge on any atom is 0.410 e. The van der Waals surface area contributed by atoms with Gasteiger partial charge in [-0.15, -0.1) is 0 Å². The highest BCUT2D eigenvalue weighted by Gasteiger charge is 2.48. The number of rotatable bonds is 3. The third-order valence-corrected chi connectivity index (χ3v) is 4.04. The first-order valence-corrected chi connectivity index (χ1v) is 6.80. The summed E-state index contributed by atoms with van der Waals surface area (Å²) in [6.07, 6.45) is 2.16. The predicted molar refractivity (Wildman–Crippen MR) is 71.7 cm³/mol. The van der Waals surface area contributed by atoms with E-state index in [-0.39, 0.29) is 6.09 Å². The third-order valence-electron chi connectivity index (χ3n) is 4.04. The van der Waals surface area contributed by atoms with Gasteiger partial charge in [-0.25, -0.2) is 9.59 Å². The van der Waals surface area contributed by atoms with Gasteiger partial charge in [0.25, 0.3) is 0 Å². The van der Waals surface area contributed by atoms with Gasteiger partial charge in [0.15, 0.2) is 0 Å². The second-order valence-corrected chi connectivity index (χ2v) is 5.63. The molecule has 1 aromatic rings. The lowest BCUT2D eigenvalue weighted by Crippen LogP contribution is -2.37. The van der Waals surface area contributed by atoms with Gasteiger partial charge in [0.05, 0.1) is 19.9 Å². The van der Waals surface area contributed by atoms with Crippen LogP contribution < -0.4 is 0 Å². The molecule has 2 saturated heterocycles. The first-order valence-electron chi connectivity index (χ1n) is 6.80. The molecule has 0 radical (unpaired) electrons. The highest BCUT2D eigenvalue weighted by atomic mass is 16.6. The van der Waals surface area contributed by atoms with Crippen molar-refractivity contribution in [3.63, 3.8) is 0 Å². The van der Waals surface area contributed by atoms with Gasteiger partial charge in [0.1, 0.15) is 11.3 Å². The van der Waals surface area contributed by atoms with Crippen molar-refractivity contribution in [1.29, 1.82) is 0 Å². The number of aromatic amines is 1. The van der Waals surface area contributed by atoms with Gasteiger partial charge in [0, 0.05) is 38.7 Å². The van der Waals surface area contributed by atoms with E-state index in [1.807, 2.05) is 0 Å². The van der Waals surface area contributed by atoms with Crippen LogP contribution in [0.25, 0.3) is 0 Å². The number of nitrogens with one attached hydrogen (secondary N) is 1. The number of likely N-dealkylation sites (N-methyl/N-ethyl adjacent to an activating group) is 1. The Bertz CT molecular complexity index is 572. The second kappa shape index (κ2) is 5.03. The number of amides is 1. The van der Waals surface area contributed by atoms with Crippen LogP contribution in [-0.4, -0.2) is 71.5 Å². The summed E-state index contributed by atoms with van der Waals surface area (Å²) in [6, 6.07) is 0. The zero-order chi connectivity index (χ0) is 15.0. The van der Waals surface area contributed by atoms with Gasteiger partial charge < -0.3 is 14.4 Å². The summed E-state index contributed by atoms with van der Waals surface area (Å²) in [4.78, 5) is 26.9. The van der Waals surface area contributed by atoms with Crippen LogP contribution in [0, 0.1) is 0 Å². The molecular weight excluding hydrogens is 276 g/mol. The van der Waals surface area contributed by atoms with Gasteiger partial charge in [-0.1, -0.05) is 0 Å². The molecule has 1 amide bonds. The molecule has 2 aliphatic rings. The molecule has 2 aliphatic heterocycles. The van der Waals surface area contributed by atoms with Crippen molar-refractivity contribution in [1.82, 2.24) is 20.0 Å². The van der Waals surface area contributed by atoms with Crippen molar-refractivity contribution in [3.05, 3.63) is 17.5 Å². The lowest BCUT2D eigenvalue weighted by atomic mass is 10.0. The number of ether oxygens (including phenoxy) is 2. The van der Waals surface area contributed by atoms with E-state index in [0.29, 0.717) is 25.3 Å². The molecule has 0 aliphatic carbocycles. The van der Waals surface area contributed by atoms with E-state index in [2.05, 4.69) is 15.1 Å². The molecule has 1 spiro atoms. The maximum absolute atomic E-state index is 11.6. The van der Waals surface area contributed by atoms with E-state index in [1.54, 1.807) is 18.1 Å². The van der Waals surface area contributed by atoms with E-state index in [0.717, 1.165) is 18.5 Å². The molecule has 1 N–H and O–H groups in total. The maximum atomic E-state index is 11.6. The highest BCUT2D eigenvalue weighted by molar-refractivity contribution is 5.88.